The van der Waals surface area contributed by atoms with Crippen molar-refractivity contribution in [1.82, 2.24) is 9.62 Å². The first kappa shape index (κ1) is 24.2. The fraction of sp³-hybridized carbons (Fsp3) is 0.364. The lowest BCUT2D eigenvalue weighted by atomic mass is 10.1. The molecule has 2 aromatic rings. The Morgan fingerprint density at radius 1 is 1.06 bits per heavy atom. The average molecular weight is 480 g/mol. The highest BCUT2D eigenvalue weighted by Gasteiger charge is 2.28. The highest BCUT2D eigenvalue weighted by Crippen LogP contribution is 2.25. The molecule has 10 heteroatoms. The Bertz CT molecular complexity index is 1080. The maximum Gasteiger partial charge on any atom is 0.257 e. The number of nitrogens with zero attached hydrogens (tertiary/aromatic N) is 1. The van der Waals surface area contributed by atoms with Crippen molar-refractivity contribution < 1.29 is 22.7 Å². The summed E-state index contributed by atoms with van der Waals surface area (Å²) in [6.07, 6.45) is 1.79. The standard InChI is InChI=1S/C22H26ClN3O5S/c1-2-3-10-24-21(27)17-6-4-5-7-20(17)25-22(28)18-15-16(8-9-19(18)23)32(29,30)26-11-13-31-14-12-26/h4-9,15H,2-3,10-14H2,1H3,(H,24,27)(H,25,28). The van der Waals surface area contributed by atoms with Gasteiger partial charge in [-0.1, -0.05) is 37.1 Å². The molecule has 2 aromatic carbocycles. The van der Waals surface area contributed by atoms with Gasteiger partial charge in [0.25, 0.3) is 11.8 Å². The molecule has 1 saturated heterocycles. The van der Waals surface area contributed by atoms with Crippen molar-refractivity contribution in [1.29, 1.82) is 0 Å². The van der Waals surface area contributed by atoms with Crippen LogP contribution in [-0.2, 0) is 14.8 Å². The van der Waals surface area contributed by atoms with E-state index in [1.165, 1.54) is 22.5 Å². The number of ether oxygens (including phenoxy) is 1. The minimum absolute atomic E-state index is 0.00203. The molecule has 1 aliphatic rings. The number of amides is 2. The number of nitrogens with one attached hydrogen (secondary N) is 2. The topological polar surface area (TPSA) is 105 Å². The molecule has 8 nitrogen and oxygen atoms in total. The molecule has 2 amide bonds. The van der Waals surface area contributed by atoms with Crippen LogP contribution in [0.25, 0.3) is 0 Å². The second-order valence-corrected chi connectivity index (χ2v) is 9.61. The molecule has 1 aliphatic heterocycles. The van der Waals surface area contributed by atoms with Gasteiger partial charge in [0, 0.05) is 19.6 Å². The highest BCUT2D eigenvalue weighted by atomic mass is 35.5. The third-order valence-corrected chi connectivity index (χ3v) is 7.25. The number of carbonyl (C=O) groups is 2. The van der Waals surface area contributed by atoms with Gasteiger partial charge in [0.15, 0.2) is 0 Å². The van der Waals surface area contributed by atoms with E-state index in [2.05, 4.69) is 10.6 Å². The predicted octanol–water partition coefficient (Wildman–Crippen LogP) is 3.14. The van der Waals surface area contributed by atoms with Crippen molar-refractivity contribution >= 4 is 39.1 Å². The Morgan fingerprint density at radius 2 is 1.78 bits per heavy atom. The summed E-state index contributed by atoms with van der Waals surface area (Å²) in [5.74, 6) is -0.910. The summed E-state index contributed by atoms with van der Waals surface area (Å²) in [7, 11) is -3.79. The number of carbonyl (C=O) groups excluding carboxylic acids is 2. The van der Waals surface area contributed by atoms with Crippen LogP contribution in [-0.4, -0.2) is 57.4 Å². The summed E-state index contributed by atoms with van der Waals surface area (Å²) < 4.78 is 32.4. The predicted molar refractivity (Wildman–Crippen MR) is 123 cm³/mol. The number of halogens is 1. The lowest BCUT2D eigenvalue weighted by Gasteiger charge is -2.26. The maximum absolute atomic E-state index is 13.0. The lowest BCUT2D eigenvalue weighted by molar-refractivity contribution is 0.0730. The monoisotopic (exact) mass is 479 g/mol. The summed E-state index contributed by atoms with van der Waals surface area (Å²) in [5.41, 5.74) is 0.622. The van der Waals surface area contributed by atoms with Crippen molar-refractivity contribution in [3.63, 3.8) is 0 Å². The molecule has 0 spiro atoms. The van der Waals surface area contributed by atoms with Gasteiger partial charge in [-0.25, -0.2) is 8.42 Å². The van der Waals surface area contributed by atoms with Gasteiger partial charge in [-0.15, -0.1) is 0 Å². The number of sulfonamides is 1. The molecule has 0 bridgehead atoms. The first-order chi connectivity index (χ1) is 15.3. The molecule has 1 heterocycles. The van der Waals surface area contributed by atoms with E-state index in [4.69, 9.17) is 16.3 Å². The van der Waals surface area contributed by atoms with E-state index in [0.717, 1.165) is 12.8 Å². The molecule has 0 unspecified atom stereocenters. The Kier molecular flexibility index (Phi) is 8.25. The SMILES string of the molecule is CCCCNC(=O)c1ccccc1NC(=O)c1cc(S(=O)(=O)N2CCOCC2)ccc1Cl. The summed E-state index contributed by atoms with van der Waals surface area (Å²) >= 11 is 6.21. The average Bonchev–Trinajstić information content (AvgIpc) is 2.80. The van der Waals surface area contributed by atoms with E-state index in [1.54, 1.807) is 24.3 Å². The normalized spacial score (nSPS) is 14.7. The van der Waals surface area contributed by atoms with E-state index >= 15 is 0 Å². The molecule has 2 N–H and O–H groups in total. The van der Waals surface area contributed by atoms with Gasteiger partial charge in [0.1, 0.15) is 0 Å². The summed E-state index contributed by atoms with van der Waals surface area (Å²) in [6.45, 7) is 3.68. The molecule has 0 saturated carbocycles. The zero-order chi connectivity index (χ0) is 23.1. The molecule has 0 radical (unpaired) electrons. The first-order valence-corrected chi connectivity index (χ1v) is 12.2. The van der Waals surface area contributed by atoms with Crippen LogP contribution in [0.4, 0.5) is 5.69 Å². The summed E-state index contributed by atoms with van der Waals surface area (Å²) in [5, 5.41) is 5.61. The lowest BCUT2D eigenvalue weighted by Crippen LogP contribution is -2.40. The maximum atomic E-state index is 13.0. The first-order valence-electron chi connectivity index (χ1n) is 10.4. The molecular formula is C22H26ClN3O5S. The van der Waals surface area contributed by atoms with E-state index in [1.807, 2.05) is 6.92 Å². The number of hydrogen-bond acceptors (Lipinski definition) is 5. The Labute approximate surface area is 192 Å². The largest absolute Gasteiger partial charge is 0.379 e. The van der Waals surface area contributed by atoms with Crippen LogP contribution < -0.4 is 10.6 Å². The minimum atomic E-state index is -3.79. The van der Waals surface area contributed by atoms with Crippen molar-refractivity contribution in [2.24, 2.45) is 0 Å². The van der Waals surface area contributed by atoms with E-state index in [0.29, 0.717) is 31.0 Å². The number of para-hydroxylation sites is 1. The quantitative estimate of drug-likeness (QED) is 0.566. The van der Waals surface area contributed by atoms with E-state index in [-0.39, 0.29) is 34.5 Å². The second-order valence-electron chi connectivity index (χ2n) is 7.27. The van der Waals surface area contributed by atoms with Gasteiger partial charge in [-0.05, 0) is 36.8 Å². The molecule has 0 aliphatic carbocycles. The number of morpholine rings is 1. The smallest absolute Gasteiger partial charge is 0.257 e. The van der Waals surface area contributed by atoms with Crippen molar-refractivity contribution in [3.8, 4) is 0 Å². The number of unbranched alkanes of at least 4 members (excludes halogenated alkanes) is 1. The molecule has 3 rings (SSSR count). The van der Waals surface area contributed by atoms with Gasteiger partial charge in [-0.2, -0.15) is 4.31 Å². The molecule has 0 atom stereocenters. The van der Waals surface area contributed by atoms with Gasteiger partial charge < -0.3 is 15.4 Å². The number of benzene rings is 2. The Balaban J connectivity index is 1.83. The summed E-state index contributed by atoms with van der Waals surface area (Å²) in [6, 6.07) is 10.6. The van der Waals surface area contributed by atoms with E-state index in [9.17, 15) is 18.0 Å². The Hall–Kier alpha value is -2.46. The fourth-order valence-electron chi connectivity index (χ4n) is 3.23. The Morgan fingerprint density at radius 3 is 2.50 bits per heavy atom. The van der Waals surface area contributed by atoms with Gasteiger partial charge in [0.2, 0.25) is 10.0 Å². The van der Waals surface area contributed by atoms with Gasteiger partial charge >= 0.3 is 0 Å². The van der Waals surface area contributed by atoms with Crippen LogP contribution >= 0.6 is 11.6 Å². The zero-order valence-electron chi connectivity index (χ0n) is 17.8. The zero-order valence-corrected chi connectivity index (χ0v) is 19.3. The van der Waals surface area contributed by atoms with Crippen LogP contribution in [0.2, 0.25) is 5.02 Å². The third-order valence-electron chi connectivity index (χ3n) is 5.03. The van der Waals surface area contributed by atoms with Crippen LogP contribution in [0.5, 0.6) is 0 Å². The van der Waals surface area contributed by atoms with Crippen molar-refractivity contribution in [2.75, 3.05) is 38.2 Å². The molecule has 1 fully saturated rings. The van der Waals surface area contributed by atoms with Crippen molar-refractivity contribution in [3.05, 3.63) is 58.6 Å². The van der Waals surface area contributed by atoms with Crippen LogP contribution in [0, 0.1) is 0 Å². The second kappa shape index (κ2) is 10.9. The minimum Gasteiger partial charge on any atom is -0.379 e. The molecule has 32 heavy (non-hydrogen) atoms. The molecule has 172 valence electrons. The van der Waals surface area contributed by atoms with Crippen molar-refractivity contribution in [2.45, 2.75) is 24.7 Å². The summed E-state index contributed by atoms with van der Waals surface area (Å²) in [4.78, 5) is 25.4. The van der Waals surface area contributed by atoms with Gasteiger partial charge in [0.05, 0.1) is 39.9 Å². The number of rotatable bonds is 8. The fourth-order valence-corrected chi connectivity index (χ4v) is 4.87. The third kappa shape index (κ3) is 5.66. The van der Waals surface area contributed by atoms with Crippen LogP contribution in [0.1, 0.15) is 40.5 Å². The number of hydrogen-bond donors (Lipinski definition) is 2. The van der Waals surface area contributed by atoms with Crippen LogP contribution in [0.15, 0.2) is 47.4 Å². The highest BCUT2D eigenvalue weighted by molar-refractivity contribution is 7.89. The molecule has 0 aromatic heterocycles. The number of anilines is 1. The van der Waals surface area contributed by atoms with Crippen LogP contribution in [0.3, 0.4) is 0 Å². The van der Waals surface area contributed by atoms with Gasteiger partial charge in [-0.3, -0.25) is 9.59 Å². The molecular weight excluding hydrogens is 454 g/mol. The van der Waals surface area contributed by atoms with E-state index < -0.39 is 15.9 Å².